The van der Waals surface area contributed by atoms with Crippen LogP contribution < -0.4 is 4.74 Å². The summed E-state index contributed by atoms with van der Waals surface area (Å²) in [4.78, 5) is 0. The largest absolute Gasteiger partial charge is 0.497 e. The van der Waals surface area contributed by atoms with Crippen LogP contribution in [-0.2, 0) is 89.8 Å². The van der Waals surface area contributed by atoms with E-state index in [1.165, 1.54) is 14.2 Å². The summed E-state index contributed by atoms with van der Waals surface area (Å²) in [6, 6.07) is 36.8. The van der Waals surface area contributed by atoms with Gasteiger partial charge in [0.2, 0.25) is 11.6 Å². The Kier molecular flexibility index (Phi) is 18.2. The average molecular weight is 926 g/mol. The Morgan fingerprint density at radius 3 is 1.75 bits per heavy atom. The normalized spacial score (nSPS) is 27.5. The van der Waals surface area contributed by atoms with Gasteiger partial charge in [-0.15, -0.1) is 0 Å². The van der Waals surface area contributed by atoms with Crippen LogP contribution in [0.4, 0.5) is 0 Å². The third kappa shape index (κ3) is 13.1. The van der Waals surface area contributed by atoms with Crippen LogP contribution in [0.5, 0.6) is 5.75 Å². The highest BCUT2D eigenvalue weighted by Gasteiger charge is 2.62. The molecular formula is C49H65O13S2+. The van der Waals surface area contributed by atoms with E-state index in [-0.39, 0.29) is 54.6 Å². The van der Waals surface area contributed by atoms with Gasteiger partial charge in [-0.3, -0.25) is 4.55 Å². The van der Waals surface area contributed by atoms with Crippen LogP contribution in [0.25, 0.3) is 0 Å². The van der Waals surface area contributed by atoms with E-state index in [1.807, 2.05) is 115 Å². The molecule has 0 aromatic heterocycles. The van der Waals surface area contributed by atoms with Gasteiger partial charge in [0.05, 0.1) is 40.1 Å². The van der Waals surface area contributed by atoms with E-state index in [1.54, 1.807) is 21.0 Å². The Labute approximate surface area is 382 Å². The molecule has 2 aliphatic rings. The van der Waals surface area contributed by atoms with Crippen LogP contribution in [0.2, 0.25) is 0 Å². The lowest BCUT2D eigenvalue weighted by molar-refractivity contribution is -0.462. The molecule has 2 fully saturated rings. The molecule has 0 radical (unpaired) electrons. The minimum atomic E-state index is -5.15. The summed E-state index contributed by atoms with van der Waals surface area (Å²) < 4.78 is 100. The molecule has 1 N–H and O–H groups in total. The highest BCUT2D eigenvalue weighted by molar-refractivity contribution is 7.97. The van der Waals surface area contributed by atoms with Crippen LogP contribution >= 0.6 is 0 Å². The first-order valence-electron chi connectivity index (χ1n) is 21.7. The maximum Gasteiger partial charge on any atom is 0.397 e. The molecule has 350 valence electrons. The summed E-state index contributed by atoms with van der Waals surface area (Å²) >= 11 is 0. The molecule has 2 saturated heterocycles. The standard InChI is InChI=1S/C49H64O13S2/c1-8-44-35(2)42(58-31-39-24-26-40(53-5)27-25-39)33-63(44)34-43(59-30-38-22-16-11-17-23-38)46(62-64(50,51)52)47-45(60-48(3,54-6)49(4,55-7)61-47)41(57-29-37-20-14-10-15-21-37)32-56-28-36-18-12-9-13-19-36/h9-27,35,41-47H,8,28-34H2,1-7H3/p+1/t35-,41-,42+,43+,44+,45-,46+,47+,48?,49?,63?/m0/s1. The Hall–Kier alpha value is -3.42. The topological polar surface area (TPSA) is 147 Å². The monoisotopic (exact) mass is 925 g/mol. The van der Waals surface area contributed by atoms with Crippen molar-refractivity contribution < 1.29 is 59.8 Å². The number of hydrogen-bond donors (Lipinski definition) is 1. The van der Waals surface area contributed by atoms with Crippen molar-refractivity contribution in [3.63, 3.8) is 0 Å². The minimum absolute atomic E-state index is 0.00308. The molecule has 0 bridgehead atoms. The SMILES string of the molecule is CC[C@@H]1[C@@H](C)[C@H](OCc2ccc(OC)cc2)C[S+]1C[C@@H](OCc1ccccc1)[C@@H](OS(=O)(=O)O)[C@@H]1OC(C)(OC)C(C)(OC)O[C@H]1[C@H](COCc1ccccc1)OCc1ccccc1. The van der Waals surface area contributed by atoms with Gasteiger partial charge in [-0.1, -0.05) is 117 Å². The summed E-state index contributed by atoms with van der Waals surface area (Å²) in [5.74, 6) is -1.16. The molecule has 64 heavy (non-hydrogen) atoms. The molecule has 15 heteroatoms. The highest BCUT2D eigenvalue weighted by atomic mass is 32.3. The van der Waals surface area contributed by atoms with Gasteiger partial charge < -0.3 is 42.6 Å². The molecule has 2 heterocycles. The molecule has 2 aliphatic heterocycles. The highest BCUT2D eigenvalue weighted by Crippen LogP contribution is 2.44. The van der Waals surface area contributed by atoms with E-state index in [4.69, 9.17) is 46.8 Å². The van der Waals surface area contributed by atoms with Crippen LogP contribution in [0.3, 0.4) is 0 Å². The van der Waals surface area contributed by atoms with Gasteiger partial charge in [0.25, 0.3) is 0 Å². The van der Waals surface area contributed by atoms with Crippen molar-refractivity contribution in [2.45, 2.75) is 114 Å². The Morgan fingerprint density at radius 1 is 0.719 bits per heavy atom. The Morgan fingerprint density at radius 2 is 1.23 bits per heavy atom. The molecule has 0 saturated carbocycles. The lowest BCUT2D eigenvalue weighted by Crippen LogP contribution is -2.71. The lowest BCUT2D eigenvalue weighted by Gasteiger charge is -2.54. The summed E-state index contributed by atoms with van der Waals surface area (Å²) in [7, 11) is -0.960. The molecule has 0 spiro atoms. The van der Waals surface area contributed by atoms with Gasteiger partial charge in [-0.05, 0) is 65.5 Å². The molecule has 0 aliphatic carbocycles. The van der Waals surface area contributed by atoms with Gasteiger partial charge in [0.1, 0.15) is 59.1 Å². The van der Waals surface area contributed by atoms with E-state index in [0.717, 1.165) is 34.4 Å². The third-order valence-electron chi connectivity index (χ3n) is 12.3. The summed E-state index contributed by atoms with van der Waals surface area (Å²) in [6.07, 6.45) is -5.02. The predicted octanol–water partition coefficient (Wildman–Crippen LogP) is 7.71. The maximum atomic E-state index is 13.2. The number of hydrogen-bond acceptors (Lipinski definition) is 12. The van der Waals surface area contributed by atoms with Gasteiger partial charge in [-0.2, -0.15) is 8.42 Å². The number of rotatable bonds is 24. The van der Waals surface area contributed by atoms with Crippen molar-refractivity contribution in [1.82, 2.24) is 0 Å². The first-order chi connectivity index (χ1) is 30.8. The molecule has 4 aromatic carbocycles. The number of benzene rings is 4. The van der Waals surface area contributed by atoms with Crippen LogP contribution in [0.15, 0.2) is 115 Å². The van der Waals surface area contributed by atoms with E-state index in [0.29, 0.717) is 18.1 Å². The van der Waals surface area contributed by atoms with Crippen molar-refractivity contribution in [2.75, 3.05) is 39.4 Å². The second-order valence-corrected chi connectivity index (χ2v) is 19.9. The molecule has 4 aromatic rings. The zero-order valence-corrected chi connectivity index (χ0v) is 39.5. The fraction of sp³-hybridized carbons (Fsp3) is 0.510. The third-order valence-corrected chi connectivity index (χ3v) is 15.9. The zero-order chi connectivity index (χ0) is 45.7. The second kappa shape index (κ2) is 23.3. The first-order valence-corrected chi connectivity index (χ1v) is 24.7. The lowest BCUT2D eigenvalue weighted by atomic mass is 9.94. The first kappa shape index (κ1) is 50.0. The van der Waals surface area contributed by atoms with Crippen LogP contribution in [0, 0.1) is 5.92 Å². The Bertz CT molecular complexity index is 2080. The zero-order valence-electron chi connectivity index (χ0n) is 37.9. The van der Waals surface area contributed by atoms with Crippen molar-refractivity contribution in [3.05, 3.63) is 138 Å². The fourth-order valence-electron chi connectivity index (χ4n) is 8.41. The van der Waals surface area contributed by atoms with Crippen molar-refractivity contribution >= 4 is 21.3 Å². The molecule has 6 rings (SSSR count). The van der Waals surface area contributed by atoms with E-state index < -0.39 is 52.5 Å². The fourth-order valence-corrected chi connectivity index (χ4v) is 12.3. The molecule has 11 atom stereocenters. The molecular weight excluding hydrogens is 861 g/mol. The minimum Gasteiger partial charge on any atom is -0.497 e. The average Bonchev–Trinajstić information content (AvgIpc) is 3.61. The van der Waals surface area contributed by atoms with Gasteiger partial charge in [0.15, 0.2) is 0 Å². The summed E-state index contributed by atoms with van der Waals surface area (Å²) in [5.41, 5.74) is 3.72. The van der Waals surface area contributed by atoms with Crippen molar-refractivity contribution in [2.24, 2.45) is 5.92 Å². The smallest absolute Gasteiger partial charge is 0.397 e. The van der Waals surface area contributed by atoms with E-state index >= 15 is 0 Å². The second-order valence-electron chi connectivity index (χ2n) is 16.5. The number of methoxy groups -OCH3 is 3. The van der Waals surface area contributed by atoms with Gasteiger partial charge in [0, 0.05) is 20.1 Å². The summed E-state index contributed by atoms with van der Waals surface area (Å²) in [5, 5.41) is 0.212. The quantitative estimate of drug-likeness (QED) is 0.0541. The Balaban J connectivity index is 1.38. The van der Waals surface area contributed by atoms with E-state index in [2.05, 4.69) is 13.8 Å². The van der Waals surface area contributed by atoms with E-state index in [9.17, 15) is 13.0 Å². The van der Waals surface area contributed by atoms with Crippen molar-refractivity contribution in [1.29, 1.82) is 0 Å². The molecule has 13 nitrogen and oxygen atoms in total. The van der Waals surface area contributed by atoms with Gasteiger partial charge >= 0.3 is 10.4 Å². The van der Waals surface area contributed by atoms with Crippen molar-refractivity contribution in [3.8, 4) is 5.75 Å². The molecule has 0 amide bonds. The van der Waals surface area contributed by atoms with Crippen LogP contribution in [0.1, 0.15) is 56.4 Å². The van der Waals surface area contributed by atoms with Gasteiger partial charge in [-0.25, -0.2) is 4.18 Å². The van der Waals surface area contributed by atoms with Crippen LogP contribution in [-0.4, -0.2) is 106 Å². The maximum absolute atomic E-state index is 13.2. The molecule has 3 unspecified atom stereocenters. The number of ether oxygens (including phenoxy) is 9. The predicted molar refractivity (Wildman–Crippen MR) is 245 cm³/mol. The summed E-state index contributed by atoms with van der Waals surface area (Å²) in [6.45, 7) is 8.65.